The zero-order valence-electron chi connectivity index (χ0n) is 12.9. The number of hydrogen-bond acceptors (Lipinski definition) is 4. The van der Waals surface area contributed by atoms with Crippen LogP contribution in [0.15, 0.2) is 65.6 Å². The molecular weight excluding hydrogens is 304 g/mol. The minimum atomic E-state index is -0.217. The molecule has 0 atom stereocenters. The van der Waals surface area contributed by atoms with Gasteiger partial charge in [0, 0.05) is 6.07 Å². The van der Waals surface area contributed by atoms with Crippen LogP contribution in [0.3, 0.4) is 0 Å². The molecule has 0 saturated carbocycles. The number of nitrogens with zero attached hydrogens (tertiary/aromatic N) is 4. The van der Waals surface area contributed by atoms with Gasteiger partial charge in [-0.1, -0.05) is 24.3 Å². The fraction of sp³-hybridized carbons (Fsp3) is 0.0556. The first-order chi connectivity index (χ1) is 11.6. The molecule has 118 valence electrons. The summed E-state index contributed by atoms with van der Waals surface area (Å²) in [4.78, 5) is 17.5. The summed E-state index contributed by atoms with van der Waals surface area (Å²) in [7, 11) is 0. The average molecular weight is 318 g/mol. The predicted octanol–water partition coefficient (Wildman–Crippen LogP) is 2.59. The lowest BCUT2D eigenvalue weighted by Gasteiger charge is -2.10. The summed E-state index contributed by atoms with van der Waals surface area (Å²) in [6.45, 7) is 1.76. The number of aryl methyl sites for hydroxylation is 1. The maximum atomic E-state index is 12.9. The molecule has 2 aromatic heterocycles. The lowest BCUT2D eigenvalue weighted by Crippen LogP contribution is -2.22. The van der Waals surface area contributed by atoms with E-state index in [4.69, 9.17) is 0 Å². The van der Waals surface area contributed by atoms with Gasteiger partial charge in [0.2, 0.25) is 0 Å². The van der Waals surface area contributed by atoms with Gasteiger partial charge in [0.15, 0.2) is 5.65 Å². The highest BCUT2D eigenvalue weighted by atomic mass is 16.3. The number of phenols is 1. The van der Waals surface area contributed by atoms with Crippen LogP contribution in [0.25, 0.3) is 22.4 Å². The van der Waals surface area contributed by atoms with Gasteiger partial charge < -0.3 is 5.11 Å². The topological polar surface area (TPSA) is 72.9 Å². The van der Waals surface area contributed by atoms with Crippen molar-refractivity contribution in [2.24, 2.45) is 0 Å². The maximum absolute atomic E-state index is 12.9. The lowest BCUT2D eigenvalue weighted by molar-refractivity contribution is 0.475. The van der Waals surface area contributed by atoms with Crippen molar-refractivity contribution in [3.8, 4) is 17.1 Å². The van der Waals surface area contributed by atoms with E-state index in [0.29, 0.717) is 22.5 Å². The summed E-state index contributed by atoms with van der Waals surface area (Å²) in [5.74, 6) is 0.620. The second-order valence-electron chi connectivity index (χ2n) is 5.45. The molecule has 1 N–H and O–H groups in total. The summed E-state index contributed by atoms with van der Waals surface area (Å²) in [6.07, 6.45) is 1.52. The molecule has 0 unspecified atom stereocenters. The number of aromatic nitrogens is 4. The standard InChI is InChI=1S/C18H14N4O2/c1-12-20-17-16(11-19-22(17)13-6-3-2-4-7-13)18(24)21(12)14-8-5-9-15(23)10-14/h2-11,23H,1H3. The molecule has 0 aliphatic heterocycles. The van der Waals surface area contributed by atoms with Crippen LogP contribution in [0, 0.1) is 6.92 Å². The fourth-order valence-electron chi connectivity index (χ4n) is 2.77. The first kappa shape index (κ1) is 14.2. The van der Waals surface area contributed by atoms with Crippen LogP contribution in [0.2, 0.25) is 0 Å². The Morgan fingerprint density at radius 1 is 1.00 bits per heavy atom. The van der Waals surface area contributed by atoms with Crippen LogP contribution in [0.1, 0.15) is 5.82 Å². The fourth-order valence-corrected chi connectivity index (χ4v) is 2.77. The normalized spacial score (nSPS) is 11.0. The van der Waals surface area contributed by atoms with Gasteiger partial charge in [-0.05, 0) is 31.2 Å². The van der Waals surface area contributed by atoms with Gasteiger partial charge in [0.1, 0.15) is 17.0 Å². The molecule has 0 saturated heterocycles. The third kappa shape index (κ3) is 2.16. The maximum Gasteiger partial charge on any atom is 0.269 e. The third-order valence-corrected chi connectivity index (χ3v) is 3.86. The Bertz CT molecular complexity index is 1100. The van der Waals surface area contributed by atoms with E-state index in [1.807, 2.05) is 30.3 Å². The molecule has 0 aliphatic rings. The van der Waals surface area contributed by atoms with Crippen molar-refractivity contribution in [2.45, 2.75) is 6.92 Å². The quantitative estimate of drug-likeness (QED) is 0.616. The number of benzene rings is 2. The van der Waals surface area contributed by atoms with Crippen molar-refractivity contribution < 1.29 is 5.11 Å². The zero-order chi connectivity index (χ0) is 16.7. The smallest absolute Gasteiger partial charge is 0.269 e. The van der Waals surface area contributed by atoms with Crippen molar-refractivity contribution in [1.29, 1.82) is 0 Å². The van der Waals surface area contributed by atoms with E-state index in [0.717, 1.165) is 5.69 Å². The van der Waals surface area contributed by atoms with E-state index >= 15 is 0 Å². The van der Waals surface area contributed by atoms with Gasteiger partial charge in [-0.15, -0.1) is 0 Å². The zero-order valence-corrected chi connectivity index (χ0v) is 12.9. The highest BCUT2D eigenvalue weighted by Gasteiger charge is 2.15. The minimum absolute atomic E-state index is 0.0962. The molecule has 0 fully saturated rings. The Hall–Kier alpha value is -3.41. The van der Waals surface area contributed by atoms with Crippen molar-refractivity contribution >= 4 is 11.0 Å². The first-order valence-corrected chi connectivity index (χ1v) is 7.47. The summed E-state index contributed by atoms with van der Waals surface area (Å²) < 4.78 is 3.12. The number of aromatic hydroxyl groups is 1. The Kier molecular flexibility index (Phi) is 3.16. The van der Waals surface area contributed by atoms with E-state index in [2.05, 4.69) is 10.1 Å². The number of rotatable bonds is 2. The molecule has 2 aromatic carbocycles. The van der Waals surface area contributed by atoms with Gasteiger partial charge in [-0.25, -0.2) is 9.67 Å². The Morgan fingerprint density at radius 2 is 1.75 bits per heavy atom. The number of phenolic OH excluding ortho intramolecular Hbond substituents is 1. The predicted molar refractivity (Wildman–Crippen MR) is 90.9 cm³/mol. The summed E-state index contributed by atoms with van der Waals surface area (Å²) >= 11 is 0. The molecular formula is C18H14N4O2. The van der Waals surface area contributed by atoms with Crippen LogP contribution in [0.5, 0.6) is 5.75 Å². The lowest BCUT2D eigenvalue weighted by atomic mass is 10.2. The number of para-hydroxylation sites is 1. The van der Waals surface area contributed by atoms with Crippen LogP contribution in [-0.2, 0) is 0 Å². The molecule has 0 radical (unpaired) electrons. The van der Waals surface area contributed by atoms with Crippen molar-refractivity contribution in [3.63, 3.8) is 0 Å². The molecule has 0 amide bonds. The molecule has 24 heavy (non-hydrogen) atoms. The monoisotopic (exact) mass is 318 g/mol. The second-order valence-corrected chi connectivity index (χ2v) is 5.45. The molecule has 6 nitrogen and oxygen atoms in total. The Morgan fingerprint density at radius 3 is 2.50 bits per heavy atom. The molecule has 6 heteroatoms. The summed E-state index contributed by atoms with van der Waals surface area (Å²) in [5, 5.41) is 14.4. The summed E-state index contributed by atoms with van der Waals surface area (Å²) in [6, 6.07) is 16.1. The van der Waals surface area contributed by atoms with Gasteiger partial charge in [-0.3, -0.25) is 9.36 Å². The number of fused-ring (bicyclic) bond motifs is 1. The Labute approximate surface area is 137 Å². The molecule has 0 spiro atoms. The van der Waals surface area contributed by atoms with Crippen LogP contribution in [-0.4, -0.2) is 24.4 Å². The second kappa shape index (κ2) is 5.34. The van der Waals surface area contributed by atoms with Gasteiger partial charge in [0.25, 0.3) is 5.56 Å². The molecule has 0 aliphatic carbocycles. The van der Waals surface area contributed by atoms with E-state index in [-0.39, 0.29) is 11.3 Å². The largest absolute Gasteiger partial charge is 0.508 e. The minimum Gasteiger partial charge on any atom is -0.508 e. The van der Waals surface area contributed by atoms with E-state index in [1.165, 1.54) is 16.8 Å². The molecule has 4 aromatic rings. The SMILES string of the molecule is Cc1nc2c(cnn2-c2ccccc2)c(=O)n1-c1cccc(O)c1. The molecule has 0 bridgehead atoms. The van der Waals surface area contributed by atoms with Gasteiger partial charge in [0.05, 0.1) is 17.6 Å². The highest BCUT2D eigenvalue weighted by molar-refractivity contribution is 5.75. The van der Waals surface area contributed by atoms with Crippen molar-refractivity contribution in [3.05, 3.63) is 77.0 Å². The van der Waals surface area contributed by atoms with Gasteiger partial charge in [-0.2, -0.15) is 5.10 Å². The van der Waals surface area contributed by atoms with Crippen LogP contribution < -0.4 is 5.56 Å². The highest BCUT2D eigenvalue weighted by Crippen LogP contribution is 2.18. The first-order valence-electron chi connectivity index (χ1n) is 7.47. The number of hydrogen-bond donors (Lipinski definition) is 1. The van der Waals surface area contributed by atoms with E-state index < -0.39 is 0 Å². The third-order valence-electron chi connectivity index (χ3n) is 3.86. The molecule has 4 rings (SSSR count). The van der Waals surface area contributed by atoms with E-state index in [1.54, 1.807) is 29.8 Å². The average Bonchev–Trinajstić information content (AvgIpc) is 3.00. The van der Waals surface area contributed by atoms with E-state index in [9.17, 15) is 9.90 Å². The van der Waals surface area contributed by atoms with Crippen LogP contribution in [0.4, 0.5) is 0 Å². The van der Waals surface area contributed by atoms with Crippen molar-refractivity contribution in [2.75, 3.05) is 0 Å². The summed E-state index contributed by atoms with van der Waals surface area (Å²) in [5.41, 5.74) is 1.71. The van der Waals surface area contributed by atoms with Gasteiger partial charge >= 0.3 is 0 Å². The van der Waals surface area contributed by atoms with Crippen LogP contribution >= 0.6 is 0 Å². The Balaban J connectivity index is 1.99. The van der Waals surface area contributed by atoms with Crippen molar-refractivity contribution in [1.82, 2.24) is 19.3 Å². The molecule has 2 heterocycles.